The van der Waals surface area contributed by atoms with Crippen molar-refractivity contribution in [2.24, 2.45) is 5.10 Å². The Kier molecular flexibility index (Phi) is 4.60. The number of nitrogens with zero attached hydrogens (tertiary/aromatic N) is 2. The second kappa shape index (κ2) is 6.42. The van der Waals surface area contributed by atoms with E-state index in [-0.39, 0.29) is 12.5 Å². The Morgan fingerprint density at radius 1 is 1.44 bits per heavy atom. The van der Waals surface area contributed by atoms with Crippen LogP contribution in [-0.2, 0) is 11.3 Å². The Bertz CT molecular complexity index is 553. The Morgan fingerprint density at radius 2 is 2.22 bits per heavy atom. The molecule has 0 aromatic carbocycles. The minimum atomic E-state index is -0.155. The van der Waals surface area contributed by atoms with Gasteiger partial charge in [-0.15, -0.1) is 11.3 Å². The molecule has 0 spiro atoms. The van der Waals surface area contributed by atoms with Crippen molar-refractivity contribution in [2.75, 3.05) is 0 Å². The second-order valence-electron chi connectivity index (χ2n) is 3.51. The minimum Gasteiger partial charge on any atom is -0.266 e. The lowest BCUT2D eigenvalue weighted by Gasteiger charge is -1.95. The van der Waals surface area contributed by atoms with Gasteiger partial charge in [0, 0.05) is 26.9 Å². The van der Waals surface area contributed by atoms with E-state index in [4.69, 9.17) is 0 Å². The standard InChI is InChI=1S/C12H10BrN3OS/c13-10-6-11(18-9-10)7-14-15-12(17)8-16-4-2-1-3-5-16/h1-7,9H,8H2/p+1/b14-7+. The number of pyridine rings is 1. The third-order valence-electron chi connectivity index (χ3n) is 2.07. The van der Waals surface area contributed by atoms with Crippen LogP contribution in [0.3, 0.4) is 0 Å². The van der Waals surface area contributed by atoms with E-state index in [9.17, 15) is 4.79 Å². The van der Waals surface area contributed by atoms with Crippen molar-refractivity contribution < 1.29 is 9.36 Å². The predicted octanol–water partition coefficient (Wildman–Crippen LogP) is 1.95. The largest absolute Gasteiger partial charge is 0.305 e. The first kappa shape index (κ1) is 12.9. The number of hydrogen-bond acceptors (Lipinski definition) is 3. The summed E-state index contributed by atoms with van der Waals surface area (Å²) >= 11 is 4.91. The number of carbonyl (C=O) groups excluding carboxylic acids is 1. The van der Waals surface area contributed by atoms with Crippen LogP contribution in [0, 0.1) is 0 Å². The van der Waals surface area contributed by atoms with E-state index in [0.29, 0.717) is 0 Å². The number of hydrogen-bond donors (Lipinski definition) is 1. The molecule has 18 heavy (non-hydrogen) atoms. The van der Waals surface area contributed by atoms with Crippen LogP contribution in [0.5, 0.6) is 0 Å². The van der Waals surface area contributed by atoms with Gasteiger partial charge in [0.05, 0.1) is 6.21 Å². The molecule has 2 aromatic heterocycles. The van der Waals surface area contributed by atoms with Gasteiger partial charge in [-0.25, -0.2) is 5.43 Å². The summed E-state index contributed by atoms with van der Waals surface area (Å²) in [5, 5.41) is 5.86. The summed E-state index contributed by atoms with van der Waals surface area (Å²) in [5.41, 5.74) is 2.49. The fourth-order valence-electron chi connectivity index (χ4n) is 1.30. The average Bonchev–Trinajstić information content (AvgIpc) is 2.76. The normalized spacial score (nSPS) is 10.7. The lowest BCUT2D eigenvalue weighted by Crippen LogP contribution is -2.40. The van der Waals surface area contributed by atoms with Crippen molar-refractivity contribution in [1.82, 2.24) is 5.43 Å². The molecule has 0 aliphatic rings. The molecule has 0 radical (unpaired) electrons. The first-order valence-electron chi connectivity index (χ1n) is 5.24. The van der Waals surface area contributed by atoms with Gasteiger partial charge in [0.25, 0.3) is 0 Å². The lowest BCUT2D eigenvalue weighted by atomic mass is 10.4. The molecule has 0 bridgehead atoms. The number of nitrogens with one attached hydrogen (secondary N) is 1. The summed E-state index contributed by atoms with van der Waals surface area (Å²) < 4.78 is 2.80. The van der Waals surface area contributed by atoms with E-state index >= 15 is 0 Å². The van der Waals surface area contributed by atoms with Crippen LogP contribution in [0.4, 0.5) is 0 Å². The predicted molar refractivity (Wildman–Crippen MR) is 74.4 cm³/mol. The maximum atomic E-state index is 11.6. The average molecular weight is 325 g/mol. The summed E-state index contributed by atoms with van der Waals surface area (Å²) in [6, 6.07) is 7.59. The molecule has 2 rings (SSSR count). The zero-order chi connectivity index (χ0) is 12.8. The molecule has 0 fully saturated rings. The van der Waals surface area contributed by atoms with Gasteiger partial charge >= 0.3 is 5.91 Å². The fourth-order valence-corrected chi connectivity index (χ4v) is 2.61. The van der Waals surface area contributed by atoms with E-state index < -0.39 is 0 Å². The van der Waals surface area contributed by atoms with Crippen molar-refractivity contribution >= 4 is 39.4 Å². The van der Waals surface area contributed by atoms with Gasteiger partial charge in [-0.05, 0) is 22.0 Å². The molecule has 2 heterocycles. The smallest absolute Gasteiger partial charge is 0.266 e. The maximum Gasteiger partial charge on any atom is 0.305 e. The summed E-state index contributed by atoms with van der Waals surface area (Å²) in [6.07, 6.45) is 5.29. The lowest BCUT2D eigenvalue weighted by molar-refractivity contribution is -0.684. The van der Waals surface area contributed by atoms with Crippen molar-refractivity contribution in [3.05, 3.63) is 51.4 Å². The topological polar surface area (TPSA) is 45.3 Å². The van der Waals surface area contributed by atoms with Crippen molar-refractivity contribution in [3.8, 4) is 0 Å². The van der Waals surface area contributed by atoms with Crippen LogP contribution in [0.15, 0.2) is 51.6 Å². The Morgan fingerprint density at radius 3 is 2.89 bits per heavy atom. The highest BCUT2D eigenvalue weighted by Crippen LogP contribution is 2.17. The van der Waals surface area contributed by atoms with Crippen molar-refractivity contribution in [1.29, 1.82) is 0 Å². The highest BCUT2D eigenvalue weighted by molar-refractivity contribution is 9.10. The number of thiophene rings is 1. The van der Waals surface area contributed by atoms with Crippen molar-refractivity contribution in [2.45, 2.75) is 6.54 Å². The molecule has 0 saturated heterocycles. The molecular formula is C12H11BrN3OS+. The van der Waals surface area contributed by atoms with Crippen LogP contribution < -0.4 is 9.99 Å². The van der Waals surface area contributed by atoms with Crippen LogP contribution in [0.1, 0.15) is 4.88 Å². The molecule has 1 amide bonds. The molecule has 1 N–H and O–H groups in total. The molecule has 0 unspecified atom stereocenters. The first-order chi connectivity index (χ1) is 8.74. The molecular weight excluding hydrogens is 314 g/mol. The highest BCUT2D eigenvalue weighted by Gasteiger charge is 2.06. The summed E-state index contributed by atoms with van der Waals surface area (Å²) in [7, 11) is 0. The van der Waals surface area contributed by atoms with Gasteiger partial charge in [0.1, 0.15) is 0 Å². The molecule has 0 atom stereocenters. The number of halogens is 1. The minimum absolute atomic E-state index is 0.155. The third kappa shape index (κ3) is 4.05. The van der Waals surface area contributed by atoms with Crippen LogP contribution in [0.2, 0.25) is 0 Å². The first-order valence-corrected chi connectivity index (χ1v) is 6.91. The number of rotatable bonds is 4. The van der Waals surface area contributed by atoms with E-state index in [2.05, 4.69) is 26.5 Å². The molecule has 0 saturated carbocycles. The number of aromatic nitrogens is 1. The maximum absolute atomic E-state index is 11.6. The SMILES string of the molecule is O=C(C[n+]1ccccc1)N/N=C/c1cc(Br)cs1. The zero-order valence-electron chi connectivity index (χ0n) is 9.41. The van der Waals surface area contributed by atoms with Crippen LogP contribution in [-0.4, -0.2) is 12.1 Å². The summed E-state index contributed by atoms with van der Waals surface area (Å²) in [5.74, 6) is -0.155. The second-order valence-corrected chi connectivity index (χ2v) is 5.37. The molecule has 6 heteroatoms. The van der Waals surface area contributed by atoms with E-state index in [1.165, 1.54) is 0 Å². The van der Waals surface area contributed by atoms with Gasteiger partial charge in [0.15, 0.2) is 12.4 Å². The molecule has 0 aliphatic carbocycles. The third-order valence-corrected chi connectivity index (χ3v) is 3.70. The summed E-state index contributed by atoms with van der Waals surface area (Å²) in [4.78, 5) is 12.5. The quantitative estimate of drug-likeness (QED) is 0.521. The number of hydrazone groups is 1. The fraction of sp³-hybridized carbons (Fsp3) is 0.0833. The molecule has 92 valence electrons. The van der Waals surface area contributed by atoms with Gasteiger partial charge in [-0.1, -0.05) is 6.07 Å². The van der Waals surface area contributed by atoms with Crippen LogP contribution in [0.25, 0.3) is 0 Å². The van der Waals surface area contributed by atoms with Gasteiger partial charge in [-0.3, -0.25) is 4.79 Å². The number of carbonyl (C=O) groups is 1. The highest BCUT2D eigenvalue weighted by atomic mass is 79.9. The zero-order valence-corrected chi connectivity index (χ0v) is 11.8. The monoisotopic (exact) mass is 324 g/mol. The van der Waals surface area contributed by atoms with Gasteiger partial charge in [0.2, 0.25) is 6.54 Å². The molecule has 2 aromatic rings. The Labute approximate surface area is 117 Å². The summed E-state index contributed by atoms with van der Waals surface area (Å²) in [6.45, 7) is 0.256. The molecule has 0 aliphatic heterocycles. The molecule has 4 nitrogen and oxygen atoms in total. The Hall–Kier alpha value is -1.53. The van der Waals surface area contributed by atoms with Gasteiger partial charge < -0.3 is 0 Å². The van der Waals surface area contributed by atoms with Crippen LogP contribution >= 0.6 is 27.3 Å². The Balaban J connectivity index is 1.83. The van der Waals surface area contributed by atoms with E-state index in [1.807, 2.05) is 42.0 Å². The van der Waals surface area contributed by atoms with Crippen molar-refractivity contribution in [3.63, 3.8) is 0 Å². The van der Waals surface area contributed by atoms with E-state index in [1.54, 1.807) is 22.1 Å². The van der Waals surface area contributed by atoms with Gasteiger partial charge in [-0.2, -0.15) is 9.67 Å². The number of amides is 1. The van der Waals surface area contributed by atoms with E-state index in [0.717, 1.165) is 9.35 Å².